The van der Waals surface area contributed by atoms with E-state index in [1.54, 1.807) is 0 Å². The van der Waals surface area contributed by atoms with E-state index in [1.807, 2.05) is 0 Å². The first-order valence-electron chi connectivity index (χ1n) is 29.2. The van der Waals surface area contributed by atoms with Crippen molar-refractivity contribution in [3.63, 3.8) is 0 Å². The lowest BCUT2D eigenvalue weighted by atomic mass is 9.70. The lowest BCUT2D eigenvalue weighted by Gasteiger charge is -2.51. The quantitative estimate of drug-likeness (QED) is 0.140. The molecular weight excluding hydrogens is 1000 g/mol. The van der Waals surface area contributed by atoms with Crippen molar-refractivity contribution in [1.82, 2.24) is 0 Å². The van der Waals surface area contributed by atoms with Gasteiger partial charge in [0.15, 0.2) is 0 Å². The van der Waals surface area contributed by atoms with Gasteiger partial charge in [-0.1, -0.05) is 189 Å². The standard InChI is InChI=1S/C76H64N2S2/c1-73-42-15-17-44-75(73,79-3)67-46-51(36-41-68(67)77(73)52-26-7-5-8-27-52)63-47-64(56-32-19-24-49-22-11-13-30-54(49)56)59-39-40-61-66(48-65(60-38-37-58(63)70(59)71(60)61)57-33-20-25-50-23-12-14-31-55(50)57)62-34-21-35-69-72(62)76(80-4)45-18-16-43-74(76,2)78(69)53-28-9-6-10-29-53/h5-14,19-41,46-48H,15-18,42-45H2,1-4H3/t73?,74?,75-,76?/m0/s1. The zero-order chi connectivity index (χ0) is 53.5. The third-order valence-corrected chi connectivity index (χ3v) is 23.5. The van der Waals surface area contributed by atoms with E-state index in [1.165, 1.54) is 158 Å². The summed E-state index contributed by atoms with van der Waals surface area (Å²) < 4.78 is -0.191. The lowest BCUT2D eigenvalue weighted by Crippen LogP contribution is -2.54. The van der Waals surface area contributed by atoms with Gasteiger partial charge in [-0.3, -0.25) is 0 Å². The minimum atomic E-state index is -0.127. The molecule has 0 saturated heterocycles. The number of hydrogen-bond acceptors (Lipinski definition) is 4. The molecule has 16 rings (SSSR count). The van der Waals surface area contributed by atoms with Crippen LogP contribution >= 0.6 is 23.5 Å². The van der Waals surface area contributed by atoms with Crippen LogP contribution in [-0.4, -0.2) is 23.6 Å². The molecule has 2 heterocycles. The lowest BCUT2D eigenvalue weighted by molar-refractivity contribution is 0.262. The maximum atomic E-state index is 2.75. The largest absolute Gasteiger partial charge is 0.334 e. The molecule has 0 amide bonds. The topological polar surface area (TPSA) is 6.48 Å². The van der Waals surface area contributed by atoms with Gasteiger partial charge in [0, 0.05) is 28.3 Å². The van der Waals surface area contributed by atoms with Gasteiger partial charge in [0.2, 0.25) is 0 Å². The normalized spacial score (nSPS) is 22.4. The first-order chi connectivity index (χ1) is 39.3. The third-order valence-electron chi connectivity index (χ3n) is 20.4. The molecule has 12 aromatic carbocycles. The van der Waals surface area contributed by atoms with Gasteiger partial charge in [0.25, 0.3) is 0 Å². The van der Waals surface area contributed by atoms with Gasteiger partial charge >= 0.3 is 0 Å². The molecule has 12 aromatic rings. The van der Waals surface area contributed by atoms with Crippen LogP contribution in [0.15, 0.2) is 218 Å². The molecule has 4 heteroatoms. The predicted molar refractivity (Wildman–Crippen MR) is 348 cm³/mol. The van der Waals surface area contributed by atoms with Crippen LogP contribution in [0.1, 0.15) is 76.3 Å². The van der Waals surface area contributed by atoms with E-state index >= 15 is 0 Å². The van der Waals surface area contributed by atoms with Crippen LogP contribution < -0.4 is 9.80 Å². The molecule has 3 unspecified atom stereocenters. The number of nitrogens with zero attached hydrogens (tertiary/aromatic N) is 2. The highest BCUT2D eigenvalue weighted by atomic mass is 32.2. The summed E-state index contributed by atoms with van der Waals surface area (Å²) in [4.78, 5) is 5.47. The summed E-state index contributed by atoms with van der Waals surface area (Å²) in [6, 6.07) is 84.4. The summed E-state index contributed by atoms with van der Waals surface area (Å²) in [5.74, 6) is 0. The number of hydrogen-bond donors (Lipinski definition) is 0. The minimum Gasteiger partial charge on any atom is -0.334 e. The van der Waals surface area contributed by atoms with Gasteiger partial charge in [-0.2, -0.15) is 23.5 Å². The van der Waals surface area contributed by atoms with Gasteiger partial charge in [0.05, 0.1) is 20.6 Å². The van der Waals surface area contributed by atoms with Gasteiger partial charge in [-0.15, -0.1) is 0 Å². The fourth-order valence-corrected chi connectivity index (χ4v) is 19.6. The summed E-state index contributed by atoms with van der Waals surface area (Å²) in [7, 11) is 0. The van der Waals surface area contributed by atoms with E-state index < -0.39 is 0 Å². The summed E-state index contributed by atoms with van der Waals surface area (Å²) >= 11 is 4.18. The molecule has 0 bridgehead atoms. The highest BCUT2D eigenvalue weighted by molar-refractivity contribution is 7.99. The number of para-hydroxylation sites is 2. The Labute approximate surface area is 479 Å². The van der Waals surface area contributed by atoms with Gasteiger partial charge < -0.3 is 9.80 Å². The van der Waals surface area contributed by atoms with Crippen LogP contribution in [0, 0.1) is 0 Å². The van der Waals surface area contributed by atoms with Crippen molar-refractivity contribution >= 4 is 100 Å². The van der Waals surface area contributed by atoms with E-state index in [2.05, 4.69) is 278 Å². The molecule has 0 spiro atoms. The number of benzene rings is 12. The number of anilines is 4. The third kappa shape index (κ3) is 6.47. The van der Waals surface area contributed by atoms with Gasteiger partial charge in [-0.25, -0.2) is 0 Å². The summed E-state index contributed by atoms with van der Waals surface area (Å²) in [6.07, 6.45) is 14.3. The highest BCUT2D eigenvalue weighted by Gasteiger charge is 2.62. The summed E-state index contributed by atoms with van der Waals surface area (Å²) in [6.45, 7) is 5.14. The van der Waals surface area contributed by atoms with Crippen LogP contribution in [0.4, 0.5) is 22.7 Å². The Morgan fingerprint density at radius 3 is 1.35 bits per heavy atom. The smallest absolute Gasteiger partial charge is 0.0664 e. The van der Waals surface area contributed by atoms with Crippen molar-refractivity contribution in [3.8, 4) is 44.5 Å². The second-order valence-electron chi connectivity index (χ2n) is 23.9. The molecule has 390 valence electrons. The van der Waals surface area contributed by atoms with Crippen molar-refractivity contribution in [3.05, 3.63) is 230 Å². The van der Waals surface area contributed by atoms with Crippen LogP contribution in [0.3, 0.4) is 0 Å². The van der Waals surface area contributed by atoms with E-state index in [9.17, 15) is 0 Å². The fourth-order valence-electron chi connectivity index (χ4n) is 16.8. The molecule has 4 aliphatic rings. The molecule has 4 atom stereocenters. The van der Waals surface area contributed by atoms with Crippen molar-refractivity contribution in [2.24, 2.45) is 0 Å². The Balaban J connectivity index is 1.04. The molecule has 2 fully saturated rings. The molecular formula is C76H64N2S2. The second kappa shape index (κ2) is 18.0. The fraction of sp³-hybridized carbons (Fsp3) is 0.211. The highest BCUT2D eigenvalue weighted by Crippen LogP contribution is 2.68. The van der Waals surface area contributed by atoms with Crippen molar-refractivity contribution in [1.29, 1.82) is 0 Å². The molecule has 2 nitrogen and oxygen atoms in total. The Morgan fingerprint density at radius 2 is 0.775 bits per heavy atom. The molecule has 2 aliphatic carbocycles. The van der Waals surface area contributed by atoms with E-state index in [0.29, 0.717) is 0 Å². The Kier molecular flexibility index (Phi) is 10.9. The zero-order valence-electron chi connectivity index (χ0n) is 46.2. The molecule has 0 radical (unpaired) electrons. The van der Waals surface area contributed by atoms with E-state index in [-0.39, 0.29) is 20.6 Å². The number of fused-ring (bicyclic) bond motifs is 8. The molecule has 2 saturated carbocycles. The van der Waals surface area contributed by atoms with Crippen LogP contribution in [0.25, 0.3) is 98.4 Å². The maximum absolute atomic E-state index is 2.75. The first-order valence-corrected chi connectivity index (χ1v) is 31.6. The Bertz CT molecular complexity index is 4460. The molecule has 2 aliphatic heterocycles. The van der Waals surface area contributed by atoms with Crippen LogP contribution in [0.2, 0.25) is 0 Å². The van der Waals surface area contributed by atoms with Gasteiger partial charge in [0.1, 0.15) is 0 Å². The predicted octanol–water partition coefficient (Wildman–Crippen LogP) is 21.6. The van der Waals surface area contributed by atoms with Gasteiger partial charge in [-0.05, 0) is 211 Å². The zero-order valence-corrected chi connectivity index (χ0v) is 47.8. The van der Waals surface area contributed by atoms with E-state index in [0.717, 1.165) is 25.7 Å². The van der Waals surface area contributed by atoms with Crippen molar-refractivity contribution in [2.45, 2.75) is 85.8 Å². The molecule has 80 heavy (non-hydrogen) atoms. The molecule has 0 aromatic heterocycles. The SMILES string of the molecule is CSC12CCCCC1(C)N(c1ccccc1)c1cccc(-c3cc(-c4cccc5ccccc45)c4ccc5c(-c6ccc7c(c6)[C@@]6(SC)CCCCC6(C)N7c6ccccc6)cc(-c6cccc7ccccc67)c6ccc3c4c56)c12. The minimum absolute atomic E-state index is 0.0640. The monoisotopic (exact) mass is 1070 g/mol. The summed E-state index contributed by atoms with van der Waals surface area (Å²) in [5.41, 5.74) is 18.4. The van der Waals surface area contributed by atoms with Crippen LogP contribution in [0.5, 0.6) is 0 Å². The van der Waals surface area contributed by atoms with E-state index in [4.69, 9.17) is 0 Å². The Hall–Kier alpha value is -7.50. The van der Waals surface area contributed by atoms with Crippen LogP contribution in [-0.2, 0) is 9.49 Å². The molecule has 0 N–H and O–H groups in total. The average Bonchev–Trinajstić information content (AvgIpc) is 3.39. The average molecular weight is 1070 g/mol. The first kappa shape index (κ1) is 48.4. The number of thioether (sulfide) groups is 2. The van der Waals surface area contributed by atoms with Crippen molar-refractivity contribution < 1.29 is 0 Å². The number of rotatable bonds is 8. The maximum Gasteiger partial charge on any atom is 0.0664 e. The Morgan fingerprint density at radius 1 is 0.338 bits per heavy atom. The summed E-state index contributed by atoms with van der Waals surface area (Å²) in [5, 5.41) is 13.0. The second-order valence-corrected chi connectivity index (χ2v) is 26.1. The van der Waals surface area contributed by atoms with Crippen molar-refractivity contribution in [2.75, 3.05) is 22.3 Å².